The predicted octanol–water partition coefficient (Wildman–Crippen LogP) is 2.10. The summed E-state index contributed by atoms with van der Waals surface area (Å²) in [7, 11) is 0. The van der Waals surface area contributed by atoms with Gasteiger partial charge in [0.05, 0.1) is 5.71 Å². The van der Waals surface area contributed by atoms with Crippen LogP contribution in [0.25, 0.3) is 0 Å². The highest BCUT2D eigenvalue weighted by Gasteiger charge is 2.42. The monoisotopic (exact) mass is 391 g/mol. The van der Waals surface area contributed by atoms with Gasteiger partial charge in [-0.3, -0.25) is 9.59 Å². The largest absolute Gasteiger partial charge is 0.386 e. The molecule has 0 aromatic carbocycles. The third-order valence-corrected chi connectivity index (χ3v) is 7.07. The molecule has 1 N–H and O–H groups in total. The summed E-state index contributed by atoms with van der Waals surface area (Å²) < 4.78 is 5.48. The Kier molecular flexibility index (Phi) is 6.19. The maximum absolute atomic E-state index is 12.3. The average Bonchev–Trinajstić information content (AvgIpc) is 3.46. The van der Waals surface area contributed by atoms with Gasteiger partial charge in [0.2, 0.25) is 0 Å². The highest BCUT2D eigenvalue weighted by molar-refractivity contribution is 5.88. The van der Waals surface area contributed by atoms with Crippen molar-refractivity contribution in [2.24, 2.45) is 22.9 Å². The van der Waals surface area contributed by atoms with Gasteiger partial charge in [-0.05, 0) is 56.8 Å². The average molecular weight is 392 g/mol. The Hall–Kier alpha value is -1.63. The first-order chi connectivity index (χ1) is 13.6. The number of nitrogens with one attached hydrogen (secondary N) is 1. The summed E-state index contributed by atoms with van der Waals surface area (Å²) in [5.74, 6) is 2.32. The molecule has 2 saturated heterocycles. The van der Waals surface area contributed by atoms with Gasteiger partial charge in [0.15, 0.2) is 6.61 Å². The molecule has 0 unspecified atom stereocenters. The second kappa shape index (κ2) is 8.80. The van der Waals surface area contributed by atoms with Gasteiger partial charge in [0, 0.05) is 38.6 Å². The fourth-order valence-electron chi connectivity index (χ4n) is 5.54. The summed E-state index contributed by atoms with van der Waals surface area (Å²) in [5.41, 5.74) is 0.922. The van der Waals surface area contributed by atoms with Crippen molar-refractivity contribution in [3.8, 4) is 0 Å². The molecular formula is C21H33N3O4. The quantitative estimate of drug-likeness (QED) is 0.703. The third-order valence-electron chi connectivity index (χ3n) is 7.07. The normalized spacial score (nSPS) is 33.0. The van der Waals surface area contributed by atoms with Crippen molar-refractivity contribution in [3.05, 3.63) is 0 Å². The number of nitrogens with zero attached hydrogens (tertiary/aromatic N) is 2. The molecular weight excluding hydrogens is 358 g/mol. The minimum absolute atomic E-state index is 0.0345. The van der Waals surface area contributed by atoms with Crippen LogP contribution < -0.4 is 5.32 Å². The molecule has 28 heavy (non-hydrogen) atoms. The van der Waals surface area contributed by atoms with Crippen LogP contribution in [0.5, 0.6) is 0 Å². The number of carbonyl (C=O) groups is 2. The molecule has 2 aliphatic heterocycles. The Morgan fingerprint density at radius 1 is 1.25 bits per heavy atom. The van der Waals surface area contributed by atoms with E-state index in [0.29, 0.717) is 38.5 Å². The van der Waals surface area contributed by atoms with Gasteiger partial charge in [-0.25, -0.2) is 0 Å². The van der Waals surface area contributed by atoms with Crippen molar-refractivity contribution in [1.29, 1.82) is 0 Å². The predicted molar refractivity (Wildman–Crippen MR) is 105 cm³/mol. The third kappa shape index (κ3) is 4.50. The van der Waals surface area contributed by atoms with Crippen molar-refractivity contribution in [3.63, 3.8) is 0 Å². The highest BCUT2D eigenvalue weighted by atomic mass is 16.6. The fraction of sp³-hybridized carbons (Fsp3) is 0.857. The number of hydrogen-bond acceptors (Lipinski definition) is 5. The van der Waals surface area contributed by atoms with E-state index in [0.717, 1.165) is 30.4 Å². The molecule has 4 fully saturated rings. The van der Waals surface area contributed by atoms with Crippen LogP contribution in [0.2, 0.25) is 0 Å². The topological polar surface area (TPSA) is 80.2 Å². The van der Waals surface area contributed by atoms with Crippen LogP contribution in [0.3, 0.4) is 0 Å². The number of piperidine rings is 1. The summed E-state index contributed by atoms with van der Waals surface area (Å²) in [5, 5.41) is 7.24. The number of oxime groups is 1. The molecule has 0 radical (unpaired) electrons. The van der Waals surface area contributed by atoms with E-state index in [-0.39, 0.29) is 30.6 Å². The fourth-order valence-corrected chi connectivity index (χ4v) is 5.54. The molecule has 7 nitrogen and oxygen atoms in total. The zero-order valence-electron chi connectivity index (χ0n) is 16.9. The van der Waals surface area contributed by atoms with Crippen LogP contribution in [0.4, 0.5) is 0 Å². The lowest BCUT2D eigenvalue weighted by atomic mass is 9.84. The zero-order chi connectivity index (χ0) is 19.5. The van der Waals surface area contributed by atoms with Crippen LogP contribution in [0.1, 0.15) is 58.3 Å². The molecule has 2 aliphatic carbocycles. The molecule has 2 bridgehead atoms. The molecule has 2 heterocycles. The Balaban J connectivity index is 1.14. The number of likely N-dealkylation sites (tertiary alicyclic amines) is 1. The van der Waals surface area contributed by atoms with Crippen LogP contribution in [-0.4, -0.2) is 60.9 Å². The van der Waals surface area contributed by atoms with Crippen molar-refractivity contribution in [2.45, 2.75) is 70.4 Å². The van der Waals surface area contributed by atoms with E-state index in [1.54, 1.807) is 0 Å². The standard InChI is InChI=1S/C21H33N3O4/c1-14(18-12-15-4-5-16(18)11-15)22-20(25)13-28-23-17-6-8-24(9-7-17)21(26)19-3-2-10-27-19/h14-16,18-19H,2-13H2,1H3,(H,22,25)/t14-,15-,16-,18+,19+/m0/s1. The molecule has 4 aliphatic rings. The van der Waals surface area contributed by atoms with E-state index in [1.165, 1.54) is 25.7 Å². The minimum atomic E-state index is -0.254. The summed E-state index contributed by atoms with van der Waals surface area (Å²) in [4.78, 5) is 31.7. The van der Waals surface area contributed by atoms with Gasteiger partial charge in [-0.15, -0.1) is 0 Å². The number of fused-ring (bicyclic) bond motifs is 2. The number of ether oxygens (including phenoxy) is 1. The van der Waals surface area contributed by atoms with E-state index in [2.05, 4.69) is 17.4 Å². The lowest BCUT2D eigenvalue weighted by molar-refractivity contribution is -0.141. The lowest BCUT2D eigenvalue weighted by Crippen LogP contribution is -2.44. The Morgan fingerprint density at radius 3 is 2.71 bits per heavy atom. The first-order valence-electron chi connectivity index (χ1n) is 11.0. The first kappa shape index (κ1) is 19.7. The Bertz CT molecular complexity index is 607. The maximum atomic E-state index is 12.3. The molecule has 2 amide bonds. The van der Waals surface area contributed by atoms with Crippen LogP contribution in [0.15, 0.2) is 5.16 Å². The van der Waals surface area contributed by atoms with Crippen molar-refractivity contribution < 1.29 is 19.2 Å². The Morgan fingerprint density at radius 2 is 2.07 bits per heavy atom. The Labute approximate surface area is 167 Å². The molecule has 4 rings (SSSR count). The van der Waals surface area contributed by atoms with Gasteiger partial charge >= 0.3 is 0 Å². The number of hydrogen-bond donors (Lipinski definition) is 1. The number of carbonyl (C=O) groups excluding carboxylic acids is 2. The van der Waals surface area contributed by atoms with E-state index >= 15 is 0 Å². The molecule has 7 heteroatoms. The molecule has 5 atom stereocenters. The van der Waals surface area contributed by atoms with Gasteiger partial charge in [-0.2, -0.15) is 0 Å². The summed E-state index contributed by atoms with van der Waals surface area (Å²) in [6, 6.07) is 0.214. The number of amides is 2. The summed E-state index contributed by atoms with van der Waals surface area (Å²) in [6.07, 6.45) is 8.24. The number of rotatable bonds is 6. The van der Waals surface area contributed by atoms with Gasteiger partial charge in [0.1, 0.15) is 6.10 Å². The van der Waals surface area contributed by atoms with E-state index < -0.39 is 0 Å². The smallest absolute Gasteiger partial charge is 0.260 e. The van der Waals surface area contributed by atoms with Crippen LogP contribution in [0, 0.1) is 17.8 Å². The van der Waals surface area contributed by atoms with Crippen LogP contribution in [-0.2, 0) is 19.2 Å². The van der Waals surface area contributed by atoms with Gasteiger partial charge in [-0.1, -0.05) is 11.6 Å². The SMILES string of the molecule is C[C@H](NC(=O)CON=C1CCN(C(=O)[C@H]2CCCO2)CC1)[C@H]1C[C@H]2CC[C@H]1C2. The molecule has 0 aromatic heterocycles. The molecule has 0 aromatic rings. The highest BCUT2D eigenvalue weighted by Crippen LogP contribution is 2.49. The minimum Gasteiger partial charge on any atom is -0.386 e. The molecule has 156 valence electrons. The summed E-state index contributed by atoms with van der Waals surface area (Å²) in [6.45, 7) is 4.07. The van der Waals surface area contributed by atoms with Crippen molar-refractivity contribution in [2.75, 3.05) is 26.3 Å². The van der Waals surface area contributed by atoms with E-state index in [1.807, 2.05) is 4.90 Å². The van der Waals surface area contributed by atoms with Crippen molar-refractivity contribution >= 4 is 17.5 Å². The maximum Gasteiger partial charge on any atom is 0.260 e. The van der Waals surface area contributed by atoms with E-state index in [9.17, 15) is 9.59 Å². The molecule has 2 saturated carbocycles. The second-order valence-corrected chi connectivity index (χ2v) is 8.95. The van der Waals surface area contributed by atoms with Crippen molar-refractivity contribution in [1.82, 2.24) is 10.2 Å². The molecule has 0 spiro atoms. The van der Waals surface area contributed by atoms with Gasteiger partial charge < -0.3 is 19.8 Å². The zero-order valence-corrected chi connectivity index (χ0v) is 16.9. The lowest BCUT2D eigenvalue weighted by Gasteiger charge is -2.29. The summed E-state index contributed by atoms with van der Waals surface area (Å²) >= 11 is 0. The first-order valence-corrected chi connectivity index (χ1v) is 11.0. The second-order valence-electron chi connectivity index (χ2n) is 8.95. The van der Waals surface area contributed by atoms with E-state index in [4.69, 9.17) is 9.57 Å². The van der Waals surface area contributed by atoms with Gasteiger partial charge in [0.25, 0.3) is 11.8 Å². The van der Waals surface area contributed by atoms with Crippen LogP contribution >= 0.6 is 0 Å².